The fourth-order valence-electron chi connectivity index (χ4n) is 2.70. The molecule has 4 heteroatoms. The SMILES string of the molecule is Cc1ccc(-c2[nH]c3ccc(F)cc3c2CC(=O)O)cc1C. The van der Waals surface area contributed by atoms with Gasteiger partial charge in [-0.3, -0.25) is 4.79 Å². The van der Waals surface area contributed by atoms with Crippen LogP contribution >= 0.6 is 0 Å². The first-order chi connectivity index (χ1) is 10.5. The molecule has 2 N–H and O–H groups in total. The van der Waals surface area contributed by atoms with Crippen LogP contribution in [0, 0.1) is 19.7 Å². The summed E-state index contributed by atoms with van der Waals surface area (Å²) < 4.78 is 13.5. The van der Waals surface area contributed by atoms with Crippen LogP contribution in [0.5, 0.6) is 0 Å². The lowest BCUT2D eigenvalue weighted by Gasteiger charge is -2.06. The average Bonchev–Trinajstić information content (AvgIpc) is 2.79. The van der Waals surface area contributed by atoms with E-state index in [2.05, 4.69) is 4.98 Å². The zero-order chi connectivity index (χ0) is 15.9. The van der Waals surface area contributed by atoms with E-state index in [0.717, 1.165) is 22.3 Å². The molecule has 0 aliphatic rings. The van der Waals surface area contributed by atoms with Gasteiger partial charge in [-0.2, -0.15) is 0 Å². The molecule has 0 fully saturated rings. The van der Waals surface area contributed by atoms with Gasteiger partial charge >= 0.3 is 5.97 Å². The summed E-state index contributed by atoms with van der Waals surface area (Å²) in [6, 6.07) is 10.4. The highest BCUT2D eigenvalue weighted by Gasteiger charge is 2.16. The van der Waals surface area contributed by atoms with Gasteiger partial charge in [0.1, 0.15) is 5.82 Å². The van der Waals surface area contributed by atoms with Gasteiger partial charge in [0.05, 0.1) is 12.1 Å². The maximum absolute atomic E-state index is 13.5. The lowest BCUT2D eigenvalue weighted by molar-refractivity contribution is -0.136. The molecule has 2 aromatic carbocycles. The van der Waals surface area contributed by atoms with Gasteiger partial charge in [-0.1, -0.05) is 12.1 Å². The maximum Gasteiger partial charge on any atom is 0.307 e. The maximum atomic E-state index is 13.5. The Kier molecular flexibility index (Phi) is 3.45. The molecular weight excluding hydrogens is 281 g/mol. The number of H-pyrrole nitrogens is 1. The molecule has 112 valence electrons. The number of rotatable bonds is 3. The van der Waals surface area contributed by atoms with Crippen molar-refractivity contribution in [3.05, 3.63) is 58.9 Å². The lowest BCUT2D eigenvalue weighted by atomic mass is 9.99. The zero-order valence-corrected chi connectivity index (χ0v) is 12.4. The first-order valence-electron chi connectivity index (χ1n) is 7.05. The molecule has 0 aliphatic heterocycles. The highest BCUT2D eigenvalue weighted by Crippen LogP contribution is 2.32. The van der Waals surface area contributed by atoms with Crippen molar-refractivity contribution in [2.24, 2.45) is 0 Å². The van der Waals surface area contributed by atoms with Crippen molar-refractivity contribution in [3.63, 3.8) is 0 Å². The van der Waals surface area contributed by atoms with Crippen LogP contribution in [0.3, 0.4) is 0 Å². The second-order valence-electron chi connectivity index (χ2n) is 5.54. The topological polar surface area (TPSA) is 53.1 Å². The Morgan fingerprint density at radius 3 is 2.59 bits per heavy atom. The summed E-state index contributed by atoms with van der Waals surface area (Å²) in [6.45, 7) is 4.04. The average molecular weight is 297 g/mol. The zero-order valence-electron chi connectivity index (χ0n) is 12.4. The quantitative estimate of drug-likeness (QED) is 0.760. The van der Waals surface area contributed by atoms with Gasteiger partial charge in [0.2, 0.25) is 0 Å². The van der Waals surface area contributed by atoms with E-state index in [1.165, 1.54) is 17.7 Å². The monoisotopic (exact) mass is 297 g/mol. The van der Waals surface area contributed by atoms with Crippen LogP contribution in [0.1, 0.15) is 16.7 Å². The molecule has 1 heterocycles. The molecule has 3 aromatic rings. The van der Waals surface area contributed by atoms with Gasteiger partial charge in [-0.15, -0.1) is 0 Å². The van der Waals surface area contributed by atoms with Gasteiger partial charge in [0.25, 0.3) is 0 Å². The van der Waals surface area contributed by atoms with Gasteiger partial charge in [-0.05, 0) is 60.4 Å². The number of aryl methyl sites for hydroxylation is 2. The number of fused-ring (bicyclic) bond motifs is 1. The third-order valence-corrected chi connectivity index (χ3v) is 3.99. The minimum absolute atomic E-state index is 0.147. The Morgan fingerprint density at radius 2 is 1.91 bits per heavy atom. The van der Waals surface area contributed by atoms with E-state index in [1.807, 2.05) is 32.0 Å². The Labute approximate surface area is 127 Å². The van der Waals surface area contributed by atoms with E-state index >= 15 is 0 Å². The standard InChI is InChI=1S/C18H16FNO2/c1-10-3-4-12(7-11(10)2)18-15(9-17(21)22)14-8-13(19)5-6-16(14)20-18/h3-8,20H,9H2,1-2H3,(H,21,22). The molecule has 0 spiro atoms. The summed E-state index contributed by atoms with van der Waals surface area (Å²) in [4.78, 5) is 14.4. The van der Waals surface area contributed by atoms with E-state index < -0.39 is 5.97 Å². The van der Waals surface area contributed by atoms with Crippen LogP contribution in [0.15, 0.2) is 36.4 Å². The molecule has 0 amide bonds. The number of carbonyl (C=O) groups is 1. The van der Waals surface area contributed by atoms with Crippen LogP contribution in [-0.4, -0.2) is 16.1 Å². The van der Waals surface area contributed by atoms with Crippen molar-refractivity contribution < 1.29 is 14.3 Å². The molecule has 3 rings (SSSR count). The molecule has 0 unspecified atom stereocenters. The number of halogens is 1. The normalized spacial score (nSPS) is 11.0. The molecule has 0 bridgehead atoms. The molecule has 0 saturated carbocycles. The fraction of sp³-hybridized carbons (Fsp3) is 0.167. The van der Waals surface area contributed by atoms with Gasteiger partial charge in [0.15, 0.2) is 0 Å². The largest absolute Gasteiger partial charge is 0.481 e. The molecule has 0 saturated heterocycles. The van der Waals surface area contributed by atoms with Crippen molar-refractivity contribution in [1.29, 1.82) is 0 Å². The predicted molar refractivity (Wildman–Crippen MR) is 84.5 cm³/mol. The predicted octanol–water partition coefficient (Wildman–Crippen LogP) is 4.22. The molecule has 1 aromatic heterocycles. The summed E-state index contributed by atoms with van der Waals surface area (Å²) >= 11 is 0. The minimum atomic E-state index is -0.935. The molecule has 22 heavy (non-hydrogen) atoms. The van der Waals surface area contributed by atoms with Crippen molar-refractivity contribution in [2.45, 2.75) is 20.3 Å². The number of benzene rings is 2. The fourth-order valence-corrected chi connectivity index (χ4v) is 2.70. The molecule has 0 radical (unpaired) electrons. The first-order valence-corrected chi connectivity index (χ1v) is 7.05. The first kappa shape index (κ1) is 14.3. The molecule has 0 atom stereocenters. The van der Waals surface area contributed by atoms with Crippen LogP contribution in [0.25, 0.3) is 22.2 Å². The van der Waals surface area contributed by atoms with E-state index in [1.54, 1.807) is 6.07 Å². The summed E-state index contributed by atoms with van der Waals surface area (Å²) in [5.41, 5.74) is 5.31. The van der Waals surface area contributed by atoms with Crippen molar-refractivity contribution in [1.82, 2.24) is 4.98 Å². The number of hydrogen-bond donors (Lipinski definition) is 2. The van der Waals surface area contributed by atoms with Crippen molar-refractivity contribution in [2.75, 3.05) is 0 Å². The summed E-state index contributed by atoms with van der Waals surface area (Å²) in [5, 5.41) is 9.80. The van der Waals surface area contributed by atoms with E-state index in [4.69, 9.17) is 0 Å². The molecular formula is C18H16FNO2. The Morgan fingerprint density at radius 1 is 1.14 bits per heavy atom. The van der Waals surface area contributed by atoms with Crippen LogP contribution in [-0.2, 0) is 11.2 Å². The second-order valence-corrected chi connectivity index (χ2v) is 5.54. The second kappa shape index (κ2) is 5.30. The van der Waals surface area contributed by atoms with Crippen molar-refractivity contribution >= 4 is 16.9 Å². The number of aromatic nitrogens is 1. The van der Waals surface area contributed by atoms with Gasteiger partial charge in [0, 0.05) is 10.9 Å². The number of carboxylic acids is 1. The van der Waals surface area contributed by atoms with E-state index in [9.17, 15) is 14.3 Å². The number of carboxylic acid groups (broad SMARTS) is 1. The number of aromatic amines is 1. The van der Waals surface area contributed by atoms with E-state index in [-0.39, 0.29) is 12.2 Å². The van der Waals surface area contributed by atoms with Gasteiger partial charge in [-0.25, -0.2) is 4.39 Å². The summed E-state index contributed by atoms with van der Waals surface area (Å²) in [7, 11) is 0. The third-order valence-electron chi connectivity index (χ3n) is 3.99. The highest BCUT2D eigenvalue weighted by molar-refractivity contribution is 5.94. The van der Waals surface area contributed by atoms with Crippen LogP contribution in [0.4, 0.5) is 4.39 Å². The lowest BCUT2D eigenvalue weighted by Crippen LogP contribution is -2.01. The number of nitrogens with one attached hydrogen (secondary N) is 1. The summed E-state index contributed by atoms with van der Waals surface area (Å²) in [5.74, 6) is -1.31. The Balaban J connectivity index is 2.27. The molecule has 0 aliphatic carbocycles. The van der Waals surface area contributed by atoms with Crippen molar-refractivity contribution in [3.8, 4) is 11.3 Å². The third kappa shape index (κ3) is 2.48. The minimum Gasteiger partial charge on any atom is -0.481 e. The smallest absolute Gasteiger partial charge is 0.307 e. The van der Waals surface area contributed by atoms with Gasteiger partial charge < -0.3 is 10.1 Å². The van der Waals surface area contributed by atoms with E-state index in [0.29, 0.717) is 10.9 Å². The van der Waals surface area contributed by atoms with Crippen LogP contribution in [0.2, 0.25) is 0 Å². The Bertz CT molecular complexity index is 880. The number of hydrogen-bond acceptors (Lipinski definition) is 1. The molecule has 3 nitrogen and oxygen atoms in total. The Hall–Kier alpha value is -2.62. The number of aliphatic carboxylic acids is 1. The summed E-state index contributed by atoms with van der Waals surface area (Å²) in [6.07, 6.45) is -0.147. The van der Waals surface area contributed by atoms with Crippen LogP contribution < -0.4 is 0 Å². The highest BCUT2D eigenvalue weighted by atomic mass is 19.1.